The van der Waals surface area contributed by atoms with Crippen LogP contribution < -0.4 is 10.1 Å². The fourth-order valence-corrected chi connectivity index (χ4v) is 3.63. The van der Waals surface area contributed by atoms with Crippen LogP contribution in [0, 0.1) is 0 Å². The predicted molar refractivity (Wildman–Crippen MR) is 111 cm³/mol. The van der Waals surface area contributed by atoms with Gasteiger partial charge in [0.15, 0.2) is 0 Å². The fraction of sp³-hybridized carbons (Fsp3) is 0.348. The zero-order valence-corrected chi connectivity index (χ0v) is 17.2. The van der Waals surface area contributed by atoms with Gasteiger partial charge in [0.1, 0.15) is 17.4 Å². The minimum Gasteiger partial charge on any atom is -0.496 e. The summed E-state index contributed by atoms with van der Waals surface area (Å²) in [7, 11) is 2.78. The average Bonchev–Trinajstić information content (AvgIpc) is 2.79. The SMILES string of the molecule is COC(=O)c1cc(CNC(=O)C(c2ccccc2)N2CCCCC2=O)ccc1OC. The zero-order chi connectivity index (χ0) is 21.5. The highest BCUT2D eigenvalue weighted by Gasteiger charge is 2.32. The molecule has 1 atom stereocenters. The first kappa shape index (κ1) is 21.4. The van der Waals surface area contributed by atoms with Crippen molar-refractivity contribution in [3.05, 3.63) is 65.2 Å². The van der Waals surface area contributed by atoms with Gasteiger partial charge in [-0.05, 0) is 36.1 Å². The van der Waals surface area contributed by atoms with Crippen LogP contribution in [0.4, 0.5) is 0 Å². The summed E-state index contributed by atoms with van der Waals surface area (Å²) < 4.78 is 10.00. The highest BCUT2D eigenvalue weighted by Crippen LogP contribution is 2.26. The molecule has 1 heterocycles. The number of benzene rings is 2. The van der Waals surface area contributed by atoms with E-state index >= 15 is 0 Å². The maximum Gasteiger partial charge on any atom is 0.341 e. The monoisotopic (exact) mass is 410 g/mol. The Balaban J connectivity index is 1.79. The summed E-state index contributed by atoms with van der Waals surface area (Å²) in [5.74, 6) is -0.381. The van der Waals surface area contributed by atoms with E-state index in [1.165, 1.54) is 14.2 Å². The van der Waals surface area contributed by atoms with Crippen molar-refractivity contribution >= 4 is 17.8 Å². The lowest BCUT2D eigenvalue weighted by Gasteiger charge is -2.34. The van der Waals surface area contributed by atoms with E-state index in [4.69, 9.17) is 9.47 Å². The quantitative estimate of drug-likeness (QED) is 0.710. The van der Waals surface area contributed by atoms with Gasteiger partial charge < -0.3 is 19.7 Å². The van der Waals surface area contributed by atoms with Gasteiger partial charge in [0.2, 0.25) is 11.8 Å². The molecule has 158 valence electrons. The standard InChI is InChI=1S/C23H26N2O5/c1-29-19-12-11-16(14-18(19)23(28)30-2)15-24-22(27)21(17-8-4-3-5-9-17)25-13-7-6-10-20(25)26/h3-5,8-9,11-12,14,21H,6-7,10,13,15H2,1-2H3,(H,24,27). The van der Waals surface area contributed by atoms with Crippen LogP contribution in [0.3, 0.4) is 0 Å². The van der Waals surface area contributed by atoms with Gasteiger partial charge in [-0.25, -0.2) is 4.79 Å². The van der Waals surface area contributed by atoms with Gasteiger partial charge in [0.05, 0.1) is 14.2 Å². The van der Waals surface area contributed by atoms with Crippen molar-refractivity contribution in [3.63, 3.8) is 0 Å². The molecule has 7 heteroatoms. The Labute approximate surface area is 176 Å². The number of amides is 2. The number of methoxy groups -OCH3 is 2. The Bertz CT molecular complexity index is 913. The van der Waals surface area contributed by atoms with Crippen molar-refractivity contribution in [2.24, 2.45) is 0 Å². The van der Waals surface area contributed by atoms with Crippen LogP contribution in [0.5, 0.6) is 5.75 Å². The molecule has 1 fully saturated rings. The molecule has 1 unspecified atom stereocenters. The van der Waals surface area contributed by atoms with Crippen LogP contribution in [-0.4, -0.2) is 43.4 Å². The van der Waals surface area contributed by atoms with Crippen molar-refractivity contribution in [1.82, 2.24) is 10.2 Å². The Morgan fingerprint density at radius 1 is 1.10 bits per heavy atom. The van der Waals surface area contributed by atoms with E-state index in [9.17, 15) is 14.4 Å². The number of nitrogens with one attached hydrogen (secondary N) is 1. The summed E-state index contributed by atoms with van der Waals surface area (Å²) in [6, 6.07) is 13.7. The van der Waals surface area contributed by atoms with Crippen LogP contribution in [0.15, 0.2) is 48.5 Å². The number of piperidine rings is 1. The molecule has 2 aromatic carbocycles. The number of hydrogen-bond donors (Lipinski definition) is 1. The average molecular weight is 410 g/mol. The van der Waals surface area contributed by atoms with Gasteiger partial charge in [-0.2, -0.15) is 0 Å². The fourth-order valence-electron chi connectivity index (χ4n) is 3.63. The first-order valence-corrected chi connectivity index (χ1v) is 9.92. The first-order valence-electron chi connectivity index (χ1n) is 9.92. The lowest BCUT2D eigenvalue weighted by Crippen LogP contribution is -2.45. The third-order valence-corrected chi connectivity index (χ3v) is 5.17. The van der Waals surface area contributed by atoms with Crippen LogP contribution in [0.25, 0.3) is 0 Å². The minimum absolute atomic E-state index is 0.0114. The maximum absolute atomic E-state index is 13.1. The molecule has 1 N–H and O–H groups in total. The number of esters is 1. The van der Waals surface area contributed by atoms with Gasteiger partial charge in [0, 0.05) is 19.5 Å². The molecular weight excluding hydrogens is 384 g/mol. The van der Waals surface area contributed by atoms with Crippen LogP contribution in [0.2, 0.25) is 0 Å². The van der Waals surface area contributed by atoms with Crippen LogP contribution in [-0.2, 0) is 20.9 Å². The van der Waals surface area contributed by atoms with E-state index in [2.05, 4.69) is 5.32 Å². The smallest absolute Gasteiger partial charge is 0.341 e. The molecule has 7 nitrogen and oxygen atoms in total. The van der Waals surface area contributed by atoms with Crippen molar-refractivity contribution in [2.75, 3.05) is 20.8 Å². The first-order chi connectivity index (χ1) is 14.5. The number of rotatable bonds is 7. The van der Waals surface area contributed by atoms with E-state index in [1.807, 2.05) is 30.3 Å². The number of likely N-dealkylation sites (tertiary alicyclic amines) is 1. The van der Waals surface area contributed by atoms with E-state index in [-0.39, 0.29) is 23.9 Å². The summed E-state index contributed by atoms with van der Waals surface area (Å²) in [4.78, 5) is 39.3. The van der Waals surface area contributed by atoms with Gasteiger partial charge in [-0.3, -0.25) is 9.59 Å². The molecule has 1 saturated heterocycles. The Morgan fingerprint density at radius 3 is 2.53 bits per heavy atom. The molecule has 0 saturated carbocycles. The van der Waals surface area contributed by atoms with Crippen molar-refractivity contribution in [3.8, 4) is 5.75 Å². The summed E-state index contributed by atoms with van der Waals surface area (Å²) in [6.45, 7) is 0.763. The zero-order valence-electron chi connectivity index (χ0n) is 17.2. The number of nitrogens with zero attached hydrogens (tertiary/aromatic N) is 1. The van der Waals surface area contributed by atoms with Crippen molar-refractivity contribution in [2.45, 2.75) is 31.8 Å². The van der Waals surface area contributed by atoms with Gasteiger partial charge in [-0.1, -0.05) is 36.4 Å². The molecule has 0 aliphatic carbocycles. The summed E-state index contributed by atoms with van der Waals surface area (Å²) in [5, 5.41) is 2.91. The maximum atomic E-state index is 13.1. The lowest BCUT2D eigenvalue weighted by molar-refractivity contribution is -0.142. The molecule has 1 aliphatic rings. The van der Waals surface area contributed by atoms with Gasteiger partial charge >= 0.3 is 5.97 Å². The number of hydrogen-bond acceptors (Lipinski definition) is 5. The molecule has 2 aromatic rings. The highest BCUT2D eigenvalue weighted by molar-refractivity contribution is 5.93. The summed E-state index contributed by atoms with van der Waals surface area (Å²) >= 11 is 0. The normalized spacial score (nSPS) is 14.7. The van der Waals surface area contributed by atoms with E-state index in [1.54, 1.807) is 23.1 Å². The van der Waals surface area contributed by atoms with E-state index in [0.29, 0.717) is 18.7 Å². The second kappa shape index (κ2) is 9.91. The topological polar surface area (TPSA) is 84.9 Å². The molecule has 0 spiro atoms. The molecule has 2 amide bonds. The molecule has 1 aliphatic heterocycles. The number of carbonyl (C=O) groups is 3. The second-order valence-corrected chi connectivity index (χ2v) is 7.10. The summed E-state index contributed by atoms with van der Waals surface area (Å²) in [6.07, 6.45) is 2.18. The molecule has 0 aromatic heterocycles. The minimum atomic E-state index is -0.683. The third-order valence-electron chi connectivity index (χ3n) is 5.17. The predicted octanol–water partition coefficient (Wildman–Crippen LogP) is 2.85. The van der Waals surface area contributed by atoms with Crippen molar-refractivity contribution in [1.29, 1.82) is 0 Å². The molecule has 30 heavy (non-hydrogen) atoms. The molecular formula is C23H26N2O5. The third kappa shape index (κ3) is 4.79. The molecule has 0 radical (unpaired) electrons. The van der Waals surface area contributed by atoms with Crippen molar-refractivity contribution < 1.29 is 23.9 Å². The molecule has 0 bridgehead atoms. The van der Waals surface area contributed by atoms with Crippen LogP contribution in [0.1, 0.15) is 46.8 Å². The molecule has 3 rings (SSSR count). The Kier molecular flexibility index (Phi) is 7.06. The van der Waals surface area contributed by atoms with E-state index < -0.39 is 12.0 Å². The van der Waals surface area contributed by atoms with Gasteiger partial charge in [0.25, 0.3) is 0 Å². The van der Waals surface area contributed by atoms with Gasteiger partial charge in [-0.15, -0.1) is 0 Å². The lowest BCUT2D eigenvalue weighted by atomic mass is 10.00. The number of carbonyl (C=O) groups excluding carboxylic acids is 3. The summed E-state index contributed by atoms with van der Waals surface area (Å²) in [5.41, 5.74) is 1.79. The Morgan fingerprint density at radius 2 is 1.87 bits per heavy atom. The highest BCUT2D eigenvalue weighted by atomic mass is 16.5. The van der Waals surface area contributed by atoms with Crippen LogP contribution >= 0.6 is 0 Å². The largest absolute Gasteiger partial charge is 0.496 e. The second-order valence-electron chi connectivity index (χ2n) is 7.10. The van der Waals surface area contributed by atoms with E-state index in [0.717, 1.165) is 24.0 Å². The Hall–Kier alpha value is -3.35. The number of ether oxygens (including phenoxy) is 2.